The maximum absolute atomic E-state index is 13.4. The topological polar surface area (TPSA) is 79.6 Å². The van der Waals surface area contributed by atoms with Gasteiger partial charge in [-0.2, -0.15) is 0 Å². The van der Waals surface area contributed by atoms with Crippen LogP contribution in [0.1, 0.15) is 56.9 Å². The molecule has 0 unspecified atom stereocenters. The van der Waals surface area contributed by atoms with Crippen LogP contribution in [0, 0.1) is 27.7 Å². The molecule has 172 valence electrons. The molecule has 0 saturated carbocycles. The second-order valence-corrected chi connectivity index (χ2v) is 11.3. The lowest BCUT2D eigenvalue weighted by Crippen LogP contribution is -2.35. The average molecular weight is 475 g/mol. The minimum absolute atomic E-state index is 0.135. The molecule has 2 aromatic heterocycles. The predicted molar refractivity (Wildman–Crippen MR) is 128 cm³/mol. The van der Waals surface area contributed by atoms with Crippen LogP contribution in [0.25, 0.3) is 11.0 Å². The molecule has 0 radical (unpaired) electrons. The van der Waals surface area contributed by atoms with Crippen molar-refractivity contribution >= 4 is 38.2 Å². The van der Waals surface area contributed by atoms with Crippen molar-refractivity contribution in [3.63, 3.8) is 0 Å². The van der Waals surface area contributed by atoms with Gasteiger partial charge in [0.1, 0.15) is 4.90 Å². The number of piperidine rings is 1. The third kappa shape index (κ3) is 4.23. The zero-order valence-corrected chi connectivity index (χ0v) is 20.7. The summed E-state index contributed by atoms with van der Waals surface area (Å²) in [5.74, 6) is 0.0933. The number of thiophene rings is 1. The highest BCUT2D eigenvalue weighted by Crippen LogP contribution is 2.35. The van der Waals surface area contributed by atoms with E-state index < -0.39 is 10.0 Å². The van der Waals surface area contributed by atoms with E-state index in [9.17, 15) is 13.2 Å². The molecule has 1 saturated heterocycles. The smallest absolute Gasteiger partial charge is 0.289 e. The van der Waals surface area contributed by atoms with Crippen LogP contribution in [-0.4, -0.2) is 38.9 Å². The summed E-state index contributed by atoms with van der Waals surface area (Å²) < 4.78 is 35.5. The second-order valence-electron chi connectivity index (χ2n) is 8.61. The van der Waals surface area contributed by atoms with Gasteiger partial charge in [0.25, 0.3) is 5.91 Å². The largest absolute Gasteiger partial charge is 0.449 e. The lowest BCUT2D eigenvalue weighted by molar-refractivity contribution is 0.0693. The third-order valence-electron chi connectivity index (χ3n) is 6.41. The molecule has 32 heavy (non-hydrogen) atoms. The molecule has 0 spiro atoms. The quantitative estimate of drug-likeness (QED) is 0.552. The first-order valence-corrected chi connectivity index (χ1v) is 13.4. The van der Waals surface area contributed by atoms with E-state index in [1.165, 1.54) is 10.4 Å². The van der Waals surface area contributed by atoms with Crippen molar-refractivity contribution in [2.75, 3.05) is 19.6 Å². The Bertz CT molecular complexity index is 1260. The number of nitrogens with zero attached hydrogens (tertiary/aromatic N) is 1. The van der Waals surface area contributed by atoms with Crippen LogP contribution in [0.5, 0.6) is 0 Å². The minimum Gasteiger partial charge on any atom is -0.449 e. The number of carbonyl (C=O) groups excluding carboxylic acids is 1. The van der Waals surface area contributed by atoms with Crippen LogP contribution < -0.4 is 4.72 Å². The van der Waals surface area contributed by atoms with Gasteiger partial charge in [-0.05, 0) is 87.6 Å². The van der Waals surface area contributed by atoms with E-state index >= 15 is 0 Å². The minimum atomic E-state index is -3.82. The molecular weight excluding hydrogens is 444 g/mol. The third-order valence-corrected chi connectivity index (χ3v) is 9.11. The number of aryl methyl sites for hydroxylation is 3. The molecule has 1 amide bonds. The van der Waals surface area contributed by atoms with Crippen LogP contribution in [-0.2, 0) is 16.4 Å². The maximum Gasteiger partial charge on any atom is 0.289 e. The summed E-state index contributed by atoms with van der Waals surface area (Å²) in [5, 5.41) is 2.70. The fourth-order valence-electron chi connectivity index (χ4n) is 4.34. The Morgan fingerprint density at radius 2 is 1.81 bits per heavy atom. The van der Waals surface area contributed by atoms with Gasteiger partial charge in [-0.1, -0.05) is 0 Å². The van der Waals surface area contributed by atoms with Gasteiger partial charge in [0.15, 0.2) is 11.3 Å². The first-order chi connectivity index (χ1) is 15.2. The van der Waals surface area contributed by atoms with Crippen molar-refractivity contribution < 1.29 is 17.6 Å². The Labute approximate surface area is 193 Å². The second kappa shape index (κ2) is 9.00. The highest BCUT2D eigenvalue weighted by atomic mass is 32.2. The van der Waals surface area contributed by atoms with E-state index in [0.29, 0.717) is 42.6 Å². The summed E-state index contributed by atoms with van der Waals surface area (Å²) >= 11 is 1.63. The highest BCUT2D eigenvalue weighted by molar-refractivity contribution is 7.89. The first-order valence-electron chi connectivity index (χ1n) is 11.1. The number of benzene rings is 1. The predicted octanol–water partition coefficient (Wildman–Crippen LogP) is 4.88. The molecule has 1 N–H and O–H groups in total. The van der Waals surface area contributed by atoms with E-state index in [1.807, 2.05) is 43.2 Å². The van der Waals surface area contributed by atoms with Gasteiger partial charge in [-0.25, -0.2) is 13.1 Å². The molecule has 3 heterocycles. The number of furan rings is 1. The maximum atomic E-state index is 13.4. The fraction of sp³-hybridized carbons (Fsp3) is 0.458. The summed E-state index contributed by atoms with van der Waals surface area (Å²) in [6.45, 7) is 9.27. The van der Waals surface area contributed by atoms with E-state index in [0.717, 1.165) is 24.8 Å². The Kier molecular flexibility index (Phi) is 6.47. The SMILES string of the molecule is Cc1ccsc1CCNS(=O)(=O)c1c(C)c(C)cc2c(C)c(C(=O)N3CCCCC3)oc12. The number of likely N-dealkylation sites (tertiary alicyclic amines) is 1. The number of hydrogen-bond acceptors (Lipinski definition) is 5. The van der Waals surface area contributed by atoms with Gasteiger partial charge in [-0.3, -0.25) is 4.79 Å². The van der Waals surface area contributed by atoms with Gasteiger partial charge in [0.2, 0.25) is 10.0 Å². The molecule has 8 heteroatoms. The van der Waals surface area contributed by atoms with E-state index in [2.05, 4.69) is 4.72 Å². The number of hydrogen-bond donors (Lipinski definition) is 1. The van der Waals surface area contributed by atoms with Gasteiger partial charge < -0.3 is 9.32 Å². The standard InChI is InChI=1S/C24H30N2O4S2/c1-15-9-13-31-20(15)8-10-25-32(28,29)23-17(3)16(2)14-19-18(4)21(30-22(19)23)24(27)26-11-6-5-7-12-26/h9,13-14,25H,5-8,10-12H2,1-4H3. The molecule has 3 aromatic rings. The van der Waals surface area contributed by atoms with E-state index in [1.54, 1.807) is 18.3 Å². The number of carbonyl (C=O) groups is 1. The van der Waals surface area contributed by atoms with Gasteiger partial charge in [-0.15, -0.1) is 11.3 Å². The van der Waals surface area contributed by atoms with Crippen molar-refractivity contribution in [3.8, 4) is 0 Å². The summed E-state index contributed by atoms with van der Waals surface area (Å²) in [6, 6.07) is 3.96. The Morgan fingerprint density at radius 3 is 2.47 bits per heavy atom. The highest BCUT2D eigenvalue weighted by Gasteiger charge is 2.30. The average Bonchev–Trinajstić information content (AvgIpc) is 3.31. The summed E-state index contributed by atoms with van der Waals surface area (Å²) in [6.07, 6.45) is 3.72. The van der Waals surface area contributed by atoms with Crippen molar-refractivity contribution in [2.24, 2.45) is 0 Å². The number of rotatable bonds is 6. The normalized spacial score (nSPS) is 14.9. The molecule has 1 aromatic carbocycles. The lowest BCUT2D eigenvalue weighted by Gasteiger charge is -2.25. The van der Waals surface area contributed by atoms with Gasteiger partial charge in [0, 0.05) is 35.5 Å². The number of fused-ring (bicyclic) bond motifs is 1. The van der Waals surface area contributed by atoms with Crippen LogP contribution >= 0.6 is 11.3 Å². The molecule has 1 aliphatic rings. The van der Waals surface area contributed by atoms with Crippen molar-refractivity contribution in [2.45, 2.75) is 58.3 Å². The van der Waals surface area contributed by atoms with E-state index in [4.69, 9.17) is 4.42 Å². The number of nitrogens with one attached hydrogen (secondary N) is 1. The van der Waals surface area contributed by atoms with Crippen LogP contribution in [0.2, 0.25) is 0 Å². The van der Waals surface area contributed by atoms with Crippen molar-refractivity contribution in [1.29, 1.82) is 0 Å². The zero-order chi connectivity index (χ0) is 23.0. The Morgan fingerprint density at radius 1 is 1.09 bits per heavy atom. The molecule has 1 fully saturated rings. The zero-order valence-electron chi connectivity index (χ0n) is 19.1. The van der Waals surface area contributed by atoms with Crippen LogP contribution in [0.4, 0.5) is 0 Å². The molecular formula is C24H30N2O4S2. The van der Waals surface area contributed by atoms with Gasteiger partial charge >= 0.3 is 0 Å². The molecule has 1 aliphatic heterocycles. The Balaban J connectivity index is 1.70. The number of amides is 1. The fourth-order valence-corrected chi connectivity index (χ4v) is 6.73. The monoisotopic (exact) mass is 474 g/mol. The van der Waals surface area contributed by atoms with Gasteiger partial charge in [0.05, 0.1) is 0 Å². The van der Waals surface area contributed by atoms with Crippen molar-refractivity contribution in [1.82, 2.24) is 9.62 Å². The molecule has 0 aliphatic carbocycles. The number of sulfonamides is 1. The molecule has 4 rings (SSSR count). The summed E-state index contributed by atoms with van der Waals surface area (Å²) in [4.78, 5) is 16.2. The van der Waals surface area contributed by atoms with E-state index in [-0.39, 0.29) is 22.1 Å². The molecule has 0 bridgehead atoms. The van der Waals surface area contributed by atoms with Crippen molar-refractivity contribution in [3.05, 3.63) is 50.4 Å². The van der Waals surface area contributed by atoms with Crippen LogP contribution in [0.3, 0.4) is 0 Å². The summed E-state index contributed by atoms with van der Waals surface area (Å²) in [7, 11) is -3.82. The van der Waals surface area contributed by atoms with Crippen LogP contribution in [0.15, 0.2) is 26.8 Å². The Hall–Kier alpha value is -2.16. The summed E-state index contributed by atoms with van der Waals surface area (Å²) in [5.41, 5.74) is 3.64. The molecule has 0 atom stereocenters. The first kappa shape index (κ1) is 23.0. The molecule has 6 nitrogen and oxygen atoms in total. The lowest BCUT2D eigenvalue weighted by atomic mass is 10.0.